The van der Waals surface area contributed by atoms with Gasteiger partial charge in [0.05, 0.1) is 5.56 Å². The Morgan fingerprint density at radius 3 is 2.74 bits per heavy atom. The minimum Gasteiger partial charge on any atom is -0.507 e. The lowest BCUT2D eigenvalue weighted by atomic mass is 9.91. The van der Waals surface area contributed by atoms with E-state index in [1.165, 1.54) is 24.0 Å². The molecule has 0 unspecified atom stereocenters. The highest BCUT2D eigenvalue weighted by molar-refractivity contribution is 5.71. The second-order valence-corrected chi connectivity index (χ2v) is 4.89. The Balaban J connectivity index is 1.94. The van der Waals surface area contributed by atoms with E-state index in [1.807, 2.05) is 30.4 Å². The molecule has 0 atom stereocenters. The van der Waals surface area contributed by atoms with Crippen LogP contribution in [0, 0.1) is 0 Å². The minimum absolute atomic E-state index is 0.295. The van der Waals surface area contributed by atoms with Gasteiger partial charge in [0.25, 0.3) is 0 Å². The van der Waals surface area contributed by atoms with Crippen molar-refractivity contribution in [1.82, 2.24) is 0 Å². The number of aryl methyl sites for hydroxylation is 1. The topological polar surface area (TPSA) is 31.5 Å². The summed E-state index contributed by atoms with van der Waals surface area (Å²) in [7, 11) is 0. The van der Waals surface area contributed by atoms with Crippen molar-refractivity contribution in [3.63, 3.8) is 0 Å². The molecule has 0 aliphatic heterocycles. The van der Waals surface area contributed by atoms with E-state index in [2.05, 4.69) is 6.07 Å². The lowest BCUT2D eigenvalue weighted by molar-refractivity contribution is 0.474. The van der Waals surface area contributed by atoms with E-state index >= 15 is 0 Å². The van der Waals surface area contributed by atoms with Crippen molar-refractivity contribution in [2.24, 2.45) is 0 Å². The van der Waals surface area contributed by atoms with Crippen LogP contribution in [0.25, 0.3) is 12.2 Å². The first-order valence-electron chi connectivity index (χ1n) is 6.73. The van der Waals surface area contributed by atoms with Gasteiger partial charge in [-0.1, -0.05) is 18.2 Å². The summed E-state index contributed by atoms with van der Waals surface area (Å²) in [6.45, 7) is 0. The molecule has 1 aromatic carbocycles. The monoisotopic (exact) mass is 253 g/mol. The molecule has 0 bridgehead atoms. The summed E-state index contributed by atoms with van der Waals surface area (Å²) in [5.74, 6) is 1.21. The molecule has 0 spiro atoms. The predicted molar refractivity (Wildman–Crippen MR) is 76.8 cm³/mol. The lowest BCUT2D eigenvalue weighted by Crippen LogP contribution is -2.04. The van der Waals surface area contributed by atoms with Gasteiger partial charge in [0.1, 0.15) is 5.75 Å². The lowest BCUT2D eigenvalue weighted by Gasteiger charge is -2.11. The fourth-order valence-electron chi connectivity index (χ4n) is 2.59. The molecular weight excluding hydrogens is 236 g/mol. The summed E-state index contributed by atoms with van der Waals surface area (Å²) in [4.78, 5) is 0. The van der Waals surface area contributed by atoms with Crippen LogP contribution in [0.15, 0.2) is 41.0 Å². The Kier molecular flexibility index (Phi) is 3.32. The normalized spacial score (nSPS) is 14.5. The average molecular weight is 253 g/mol. The van der Waals surface area contributed by atoms with Gasteiger partial charge in [-0.25, -0.2) is 4.42 Å². The Morgan fingerprint density at radius 1 is 1.00 bits per heavy atom. The van der Waals surface area contributed by atoms with Gasteiger partial charge in [0.15, 0.2) is 0 Å². The molecule has 1 aromatic heterocycles. The number of hydrogen-bond donors (Lipinski definition) is 1. The first kappa shape index (κ1) is 12.0. The molecule has 2 aromatic rings. The van der Waals surface area contributed by atoms with E-state index in [4.69, 9.17) is 4.42 Å². The van der Waals surface area contributed by atoms with Crippen LogP contribution >= 0.6 is 0 Å². The van der Waals surface area contributed by atoms with Gasteiger partial charge >= 0.3 is 12.0 Å². The van der Waals surface area contributed by atoms with Crippen molar-refractivity contribution >= 4 is 12.2 Å². The van der Waals surface area contributed by atoms with Crippen LogP contribution in [-0.4, -0.2) is 5.11 Å². The number of fused-ring (bicyclic) bond motifs is 1. The first-order valence-corrected chi connectivity index (χ1v) is 6.73. The molecule has 0 amide bonds. The first-order chi connectivity index (χ1) is 9.34. The van der Waals surface area contributed by atoms with Crippen molar-refractivity contribution < 1.29 is 9.52 Å². The van der Waals surface area contributed by atoms with Crippen LogP contribution < -0.4 is 0 Å². The summed E-state index contributed by atoms with van der Waals surface area (Å²) in [6.07, 6.45) is 10.3. The van der Waals surface area contributed by atoms with Crippen molar-refractivity contribution in [2.75, 3.05) is 0 Å². The number of aromatic hydroxyl groups is 1. The van der Waals surface area contributed by atoms with E-state index < -0.39 is 0 Å². The number of phenolic OH excluding ortho intramolecular Hbond substituents is 1. The zero-order valence-electron chi connectivity index (χ0n) is 10.8. The maximum absolute atomic E-state index is 9.75. The van der Waals surface area contributed by atoms with Crippen molar-refractivity contribution in [1.29, 1.82) is 0 Å². The highest BCUT2D eigenvalue weighted by atomic mass is 16.3. The fourth-order valence-corrected chi connectivity index (χ4v) is 2.59. The Morgan fingerprint density at radius 2 is 1.84 bits per heavy atom. The molecule has 1 aliphatic carbocycles. The molecule has 3 rings (SSSR count). The smallest absolute Gasteiger partial charge is 0.356 e. The predicted octanol–water partition coefficient (Wildman–Crippen LogP) is 4.32. The second kappa shape index (κ2) is 5.27. The van der Waals surface area contributed by atoms with E-state index in [1.54, 1.807) is 12.3 Å². The third-order valence-corrected chi connectivity index (χ3v) is 3.62. The van der Waals surface area contributed by atoms with E-state index in [0.29, 0.717) is 5.75 Å². The summed E-state index contributed by atoms with van der Waals surface area (Å²) in [5.41, 5.74) is 3.53. The van der Waals surface area contributed by atoms with Gasteiger partial charge in [-0.2, -0.15) is 0 Å². The molecule has 19 heavy (non-hydrogen) atoms. The number of para-hydroxylation sites is 1. The van der Waals surface area contributed by atoms with Gasteiger partial charge in [-0.05, 0) is 43.4 Å². The molecular formula is C17H17O2+. The zero-order chi connectivity index (χ0) is 13.1. The molecule has 1 N–H and O–H groups in total. The molecule has 0 fully saturated rings. The fraction of sp³-hybridized carbons (Fsp3) is 0.235. The maximum Gasteiger partial charge on any atom is 0.356 e. The summed E-state index contributed by atoms with van der Waals surface area (Å²) >= 11 is 0. The van der Waals surface area contributed by atoms with Gasteiger partial charge in [0, 0.05) is 17.7 Å². The maximum atomic E-state index is 9.75. The largest absolute Gasteiger partial charge is 0.507 e. The highest BCUT2D eigenvalue weighted by Gasteiger charge is 2.19. The van der Waals surface area contributed by atoms with Crippen LogP contribution in [0.1, 0.15) is 35.3 Å². The van der Waals surface area contributed by atoms with Crippen LogP contribution in [-0.2, 0) is 12.8 Å². The van der Waals surface area contributed by atoms with Crippen LogP contribution in [0.2, 0.25) is 0 Å². The second-order valence-electron chi connectivity index (χ2n) is 4.89. The molecule has 0 saturated heterocycles. The van der Waals surface area contributed by atoms with Crippen LogP contribution in [0.4, 0.5) is 0 Å². The van der Waals surface area contributed by atoms with Gasteiger partial charge in [-0.3, -0.25) is 0 Å². The molecule has 2 nitrogen and oxygen atoms in total. The Hall–Kier alpha value is -2.09. The summed E-state index contributed by atoms with van der Waals surface area (Å²) < 4.78 is 5.62. The van der Waals surface area contributed by atoms with Crippen molar-refractivity contribution in [3.05, 3.63) is 59.0 Å². The SMILES string of the molecule is Oc1ccccc1/C=C/c1[o+]ccc2c1CCCC2. The number of hydrogen-bond acceptors (Lipinski definition) is 1. The quantitative estimate of drug-likeness (QED) is 0.808. The summed E-state index contributed by atoms with van der Waals surface area (Å²) in [5, 5.41) is 9.75. The van der Waals surface area contributed by atoms with Crippen LogP contribution in [0.3, 0.4) is 0 Å². The molecule has 1 heterocycles. The highest BCUT2D eigenvalue weighted by Crippen LogP contribution is 2.26. The molecule has 96 valence electrons. The van der Waals surface area contributed by atoms with Crippen LogP contribution in [0.5, 0.6) is 5.75 Å². The van der Waals surface area contributed by atoms with Crippen molar-refractivity contribution in [2.45, 2.75) is 25.7 Å². The Bertz CT molecular complexity index is 614. The molecule has 1 aliphatic rings. The van der Waals surface area contributed by atoms with Gasteiger partial charge in [0.2, 0.25) is 0 Å². The van der Waals surface area contributed by atoms with Gasteiger partial charge in [-0.15, -0.1) is 0 Å². The van der Waals surface area contributed by atoms with Crippen molar-refractivity contribution in [3.8, 4) is 5.75 Å². The molecule has 0 saturated carbocycles. The summed E-state index contributed by atoms with van der Waals surface area (Å²) in [6, 6.07) is 9.39. The third kappa shape index (κ3) is 2.53. The third-order valence-electron chi connectivity index (χ3n) is 3.62. The number of phenols is 1. The van der Waals surface area contributed by atoms with E-state index in [9.17, 15) is 5.11 Å². The standard InChI is InChI=1S/C17H16O2/c18-16-8-4-2-6-14(16)9-10-17-15-7-3-1-5-13(15)11-12-19-17/h2,4,6,8-12H,1,3,5,7H2/p+1/b10-9+. The molecule has 0 radical (unpaired) electrons. The van der Waals surface area contributed by atoms with E-state index in [0.717, 1.165) is 24.2 Å². The minimum atomic E-state index is 0.295. The van der Waals surface area contributed by atoms with E-state index in [-0.39, 0.29) is 0 Å². The molecule has 2 heteroatoms. The number of rotatable bonds is 2. The van der Waals surface area contributed by atoms with Gasteiger partial charge < -0.3 is 5.11 Å². The number of benzene rings is 1. The Labute approximate surface area is 113 Å². The average Bonchev–Trinajstić information content (AvgIpc) is 2.46. The zero-order valence-corrected chi connectivity index (χ0v) is 10.8.